The van der Waals surface area contributed by atoms with Crippen molar-refractivity contribution >= 4 is 34.4 Å². The molecule has 0 unspecified atom stereocenters. The molecule has 0 N–H and O–H groups in total. The Balaban J connectivity index is 1.40. The van der Waals surface area contributed by atoms with Crippen LogP contribution >= 0.6 is 11.6 Å². The van der Waals surface area contributed by atoms with Gasteiger partial charge in [-0.25, -0.2) is 0 Å². The topological polar surface area (TPSA) is 49.7 Å². The number of carbonyl (C=O) groups is 1. The van der Waals surface area contributed by atoms with Crippen LogP contribution in [0.5, 0.6) is 17.2 Å². The first-order valence-corrected chi connectivity index (χ1v) is 10.5. The Hall–Kier alpha value is -3.70. The van der Waals surface area contributed by atoms with Gasteiger partial charge in [-0.1, -0.05) is 23.7 Å². The summed E-state index contributed by atoms with van der Waals surface area (Å²) in [6, 6.07) is 18.6. The summed E-state index contributed by atoms with van der Waals surface area (Å²) in [7, 11) is 3.60. The summed E-state index contributed by atoms with van der Waals surface area (Å²) in [6.07, 6.45) is 3.75. The number of rotatable bonds is 5. The monoisotopic (exact) mass is 445 g/mol. The van der Waals surface area contributed by atoms with Gasteiger partial charge in [0.05, 0.1) is 12.7 Å². The minimum Gasteiger partial charge on any atom is -0.497 e. The molecule has 5 rings (SSSR count). The molecule has 0 aliphatic carbocycles. The molecule has 1 aliphatic rings. The van der Waals surface area contributed by atoms with E-state index in [1.807, 2.05) is 60.3 Å². The van der Waals surface area contributed by atoms with Crippen molar-refractivity contribution in [2.75, 3.05) is 7.11 Å². The summed E-state index contributed by atoms with van der Waals surface area (Å²) in [5.74, 6) is 2.01. The molecule has 160 valence electrons. The van der Waals surface area contributed by atoms with Crippen molar-refractivity contribution in [3.05, 3.63) is 94.3 Å². The number of allylic oxidation sites excluding steroid dienone is 1. The Morgan fingerprint density at radius 3 is 2.59 bits per heavy atom. The van der Waals surface area contributed by atoms with Gasteiger partial charge in [0.25, 0.3) is 0 Å². The van der Waals surface area contributed by atoms with E-state index < -0.39 is 0 Å². The van der Waals surface area contributed by atoms with Crippen LogP contribution in [0.25, 0.3) is 17.0 Å². The van der Waals surface area contributed by atoms with Gasteiger partial charge in [-0.2, -0.15) is 0 Å². The number of nitrogens with zero attached hydrogens (tertiary/aromatic N) is 1. The van der Waals surface area contributed by atoms with E-state index in [4.69, 9.17) is 25.8 Å². The molecular formula is C26H20ClNO4. The highest BCUT2D eigenvalue weighted by Crippen LogP contribution is 2.36. The van der Waals surface area contributed by atoms with Gasteiger partial charge in [0.2, 0.25) is 5.78 Å². The minimum absolute atomic E-state index is 0.149. The van der Waals surface area contributed by atoms with E-state index in [1.54, 1.807) is 31.4 Å². The van der Waals surface area contributed by atoms with E-state index in [1.165, 1.54) is 0 Å². The molecule has 0 atom stereocenters. The second kappa shape index (κ2) is 8.09. The number of fused-ring (bicyclic) bond motifs is 2. The van der Waals surface area contributed by atoms with Crippen molar-refractivity contribution in [3.63, 3.8) is 0 Å². The first-order valence-electron chi connectivity index (χ1n) is 10.1. The third-order valence-corrected chi connectivity index (χ3v) is 5.73. The summed E-state index contributed by atoms with van der Waals surface area (Å²) in [5.41, 5.74) is 3.45. The molecule has 6 heteroatoms. The summed E-state index contributed by atoms with van der Waals surface area (Å²) >= 11 is 5.92. The number of Topliss-reactive ketones (excluding diaryl/α,β-unsaturated/α-hetero) is 1. The lowest BCUT2D eigenvalue weighted by atomic mass is 10.1. The lowest BCUT2D eigenvalue weighted by Gasteiger charge is -2.07. The molecule has 1 aromatic heterocycles. The van der Waals surface area contributed by atoms with Crippen molar-refractivity contribution < 1.29 is 19.0 Å². The largest absolute Gasteiger partial charge is 0.497 e. The van der Waals surface area contributed by atoms with Gasteiger partial charge < -0.3 is 18.8 Å². The summed E-state index contributed by atoms with van der Waals surface area (Å²) in [5, 5.41) is 1.67. The van der Waals surface area contributed by atoms with Crippen LogP contribution in [0.15, 0.2) is 72.6 Å². The van der Waals surface area contributed by atoms with Gasteiger partial charge in [0, 0.05) is 40.8 Å². The van der Waals surface area contributed by atoms with Gasteiger partial charge in [0.1, 0.15) is 23.9 Å². The van der Waals surface area contributed by atoms with E-state index in [0.717, 1.165) is 27.8 Å². The number of benzene rings is 3. The minimum atomic E-state index is -0.149. The fraction of sp³-hybridized carbons (Fsp3) is 0.115. The quantitative estimate of drug-likeness (QED) is 0.352. The van der Waals surface area contributed by atoms with E-state index in [2.05, 4.69) is 0 Å². The lowest BCUT2D eigenvalue weighted by molar-refractivity contribution is 0.101. The van der Waals surface area contributed by atoms with Crippen LogP contribution in [0, 0.1) is 0 Å². The van der Waals surface area contributed by atoms with Crippen molar-refractivity contribution in [2.45, 2.75) is 6.61 Å². The van der Waals surface area contributed by atoms with Crippen LogP contribution in [0.1, 0.15) is 21.5 Å². The lowest BCUT2D eigenvalue weighted by Crippen LogP contribution is -1.98. The number of hydrogen-bond donors (Lipinski definition) is 0. The van der Waals surface area contributed by atoms with E-state index in [9.17, 15) is 4.79 Å². The third kappa shape index (κ3) is 3.72. The maximum absolute atomic E-state index is 12.9. The summed E-state index contributed by atoms with van der Waals surface area (Å²) in [4.78, 5) is 12.9. The summed E-state index contributed by atoms with van der Waals surface area (Å²) < 4.78 is 19.1. The zero-order valence-corrected chi connectivity index (χ0v) is 18.3. The Morgan fingerprint density at radius 2 is 1.81 bits per heavy atom. The molecule has 5 nitrogen and oxygen atoms in total. The predicted octanol–water partition coefficient (Wildman–Crippen LogP) is 6.04. The molecular weight excluding hydrogens is 426 g/mol. The molecule has 3 aromatic carbocycles. The highest BCUT2D eigenvalue weighted by atomic mass is 35.5. The van der Waals surface area contributed by atoms with Crippen LogP contribution in [0.2, 0.25) is 5.02 Å². The standard InChI is InChI=1S/C26H20ClNO4/c1-28-14-17(22-12-19(30-2)8-10-23(22)28)11-25-26(29)21-9-7-20(13-24(21)32-25)31-15-16-3-5-18(27)6-4-16/h3-14H,15H2,1-2H3/b25-11-. The van der Waals surface area contributed by atoms with Crippen LogP contribution < -0.4 is 14.2 Å². The SMILES string of the molecule is COc1ccc2c(c1)c(/C=C1\Oc3cc(OCc4ccc(Cl)cc4)ccc3C1=O)cn2C. The Kier molecular flexibility index (Phi) is 5.11. The average molecular weight is 446 g/mol. The average Bonchev–Trinajstić information content (AvgIpc) is 3.29. The third-order valence-electron chi connectivity index (χ3n) is 5.47. The molecule has 0 radical (unpaired) electrons. The molecule has 0 spiro atoms. The fourth-order valence-corrected chi connectivity index (χ4v) is 3.92. The van der Waals surface area contributed by atoms with Crippen LogP contribution in [0.3, 0.4) is 0 Å². The molecule has 0 saturated heterocycles. The van der Waals surface area contributed by atoms with Crippen LogP contribution in [-0.2, 0) is 13.7 Å². The second-order valence-corrected chi connectivity index (χ2v) is 8.03. The van der Waals surface area contributed by atoms with Crippen LogP contribution in [0.4, 0.5) is 0 Å². The Labute approximate surface area is 190 Å². The fourth-order valence-electron chi connectivity index (χ4n) is 3.79. The maximum Gasteiger partial charge on any atom is 0.231 e. The second-order valence-electron chi connectivity index (χ2n) is 7.59. The number of methoxy groups -OCH3 is 1. The Bertz CT molecular complexity index is 1370. The number of halogens is 1. The first kappa shape index (κ1) is 20.2. The zero-order valence-electron chi connectivity index (χ0n) is 17.6. The molecule has 0 fully saturated rings. The highest BCUT2D eigenvalue weighted by molar-refractivity contribution is 6.30. The van der Waals surface area contributed by atoms with Crippen molar-refractivity contribution in [2.24, 2.45) is 7.05 Å². The molecule has 0 saturated carbocycles. The molecule has 1 aliphatic heterocycles. The number of aryl methyl sites for hydroxylation is 1. The molecule has 0 bridgehead atoms. The van der Waals surface area contributed by atoms with Gasteiger partial charge in [-0.05, 0) is 54.1 Å². The smallest absolute Gasteiger partial charge is 0.231 e. The number of carbonyl (C=O) groups excluding carboxylic acids is 1. The molecule has 4 aromatic rings. The molecule has 0 amide bonds. The molecule has 32 heavy (non-hydrogen) atoms. The van der Waals surface area contributed by atoms with Crippen molar-refractivity contribution in [1.82, 2.24) is 4.57 Å². The van der Waals surface area contributed by atoms with Gasteiger partial charge in [0.15, 0.2) is 5.76 Å². The van der Waals surface area contributed by atoms with E-state index >= 15 is 0 Å². The highest BCUT2D eigenvalue weighted by Gasteiger charge is 2.28. The predicted molar refractivity (Wildman–Crippen MR) is 125 cm³/mol. The van der Waals surface area contributed by atoms with Gasteiger partial charge in [-0.15, -0.1) is 0 Å². The summed E-state index contributed by atoms with van der Waals surface area (Å²) in [6.45, 7) is 0.393. The normalized spacial score (nSPS) is 14.0. The van der Waals surface area contributed by atoms with Crippen molar-refractivity contribution in [3.8, 4) is 17.2 Å². The van der Waals surface area contributed by atoms with Crippen LogP contribution in [-0.4, -0.2) is 17.5 Å². The van der Waals surface area contributed by atoms with E-state index in [0.29, 0.717) is 28.7 Å². The number of ketones is 1. The van der Waals surface area contributed by atoms with Gasteiger partial charge in [-0.3, -0.25) is 4.79 Å². The van der Waals surface area contributed by atoms with Gasteiger partial charge >= 0.3 is 0 Å². The maximum atomic E-state index is 12.9. The van der Waals surface area contributed by atoms with Crippen molar-refractivity contribution in [1.29, 1.82) is 0 Å². The Morgan fingerprint density at radius 1 is 1.03 bits per heavy atom. The zero-order chi connectivity index (χ0) is 22.2. The number of hydrogen-bond acceptors (Lipinski definition) is 4. The van der Waals surface area contributed by atoms with E-state index in [-0.39, 0.29) is 11.5 Å². The first-order chi connectivity index (χ1) is 15.5. The molecule has 2 heterocycles. The number of aromatic nitrogens is 1. The number of ether oxygens (including phenoxy) is 3.